The van der Waals surface area contributed by atoms with Gasteiger partial charge in [-0.25, -0.2) is 0 Å². The van der Waals surface area contributed by atoms with Crippen LogP contribution in [-0.4, -0.2) is 65.1 Å². The maximum absolute atomic E-state index is 11.8. The molecule has 2 aromatic rings. The van der Waals surface area contributed by atoms with E-state index in [2.05, 4.69) is 30.2 Å². The second-order valence-corrected chi connectivity index (χ2v) is 7.89. The number of benzene rings is 1. The predicted octanol–water partition coefficient (Wildman–Crippen LogP) is 2.78. The first-order valence-corrected chi connectivity index (χ1v) is 9.96. The minimum Gasteiger partial charge on any atom is -0.494 e. The standard InChI is InChI=1S/C21H28N4O3/c1-13(2)23-15-4-5-19-17(10-15)20(18-12-28-9-7-22-18)21(27)25(19)16-6-8-24(11-16)14(3)26/h4-5,10,13,16,23,27H,6-9,11-12H2,1-3H3. The predicted molar refractivity (Wildman–Crippen MR) is 110 cm³/mol. The van der Waals surface area contributed by atoms with Crippen molar-refractivity contribution in [2.24, 2.45) is 4.99 Å². The van der Waals surface area contributed by atoms with Gasteiger partial charge in [-0.3, -0.25) is 9.79 Å². The number of amides is 1. The smallest absolute Gasteiger partial charge is 0.219 e. The molecule has 1 atom stereocenters. The maximum Gasteiger partial charge on any atom is 0.219 e. The van der Waals surface area contributed by atoms with E-state index in [4.69, 9.17) is 4.74 Å². The fraction of sp³-hybridized carbons (Fsp3) is 0.524. The Labute approximate surface area is 165 Å². The zero-order valence-corrected chi connectivity index (χ0v) is 16.7. The molecule has 0 bridgehead atoms. The molecule has 7 heteroatoms. The molecule has 2 aliphatic heterocycles. The quantitative estimate of drug-likeness (QED) is 0.850. The van der Waals surface area contributed by atoms with Gasteiger partial charge in [0.1, 0.15) is 0 Å². The SMILES string of the molecule is CC(=O)N1CCC(n2c(O)c(C3=NCCOC3)c3cc(NC(C)C)ccc32)C1. The molecule has 3 heterocycles. The number of carbonyl (C=O) groups is 1. The van der Waals surface area contributed by atoms with Crippen LogP contribution in [0.4, 0.5) is 5.69 Å². The van der Waals surface area contributed by atoms with Gasteiger partial charge in [0.05, 0.1) is 42.6 Å². The number of carbonyl (C=O) groups excluding carboxylic acids is 1. The molecule has 1 unspecified atom stereocenters. The molecule has 4 rings (SSSR count). The van der Waals surface area contributed by atoms with Gasteiger partial charge in [-0.15, -0.1) is 0 Å². The second kappa shape index (κ2) is 7.47. The monoisotopic (exact) mass is 384 g/mol. The number of fused-ring (bicyclic) bond motifs is 1. The number of likely N-dealkylation sites (tertiary alicyclic amines) is 1. The lowest BCUT2D eigenvalue weighted by atomic mass is 10.1. The van der Waals surface area contributed by atoms with Crippen molar-refractivity contribution in [3.05, 3.63) is 23.8 Å². The molecular weight excluding hydrogens is 356 g/mol. The molecule has 1 aromatic heterocycles. The number of aliphatic imine (C=N–C) groups is 1. The van der Waals surface area contributed by atoms with Gasteiger partial charge >= 0.3 is 0 Å². The molecule has 0 spiro atoms. The van der Waals surface area contributed by atoms with Crippen LogP contribution in [0, 0.1) is 0 Å². The number of aromatic nitrogens is 1. The van der Waals surface area contributed by atoms with E-state index in [0.29, 0.717) is 38.9 Å². The van der Waals surface area contributed by atoms with Crippen molar-refractivity contribution in [2.45, 2.75) is 39.3 Å². The minimum atomic E-state index is 0.0502. The highest BCUT2D eigenvalue weighted by Gasteiger charge is 2.31. The molecule has 1 fully saturated rings. The van der Waals surface area contributed by atoms with Crippen LogP contribution in [0.3, 0.4) is 0 Å². The lowest BCUT2D eigenvalue weighted by Gasteiger charge is -2.18. The average Bonchev–Trinajstić information content (AvgIpc) is 3.24. The van der Waals surface area contributed by atoms with Crippen molar-refractivity contribution < 1.29 is 14.6 Å². The summed E-state index contributed by atoms with van der Waals surface area (Å²) in [6, 6.07) is 6.53. The normalized spacial score (nSPS) is 20.1. The van der Waals surface area contributed by atoms with Crippen molar-refractivity contribution in [1.82, 2.24) is 9.47 Å². The first-order valence-electron chi connectivity index (χ1n) is 9.96. The van der Waals surface area contributed by atoms with E-state index < -0.39 is 0 Å². The van der Waals surface area contributed by atoms with Crippen molar-refractivity contribution in [3.8, 4) is 5.88 Å². The van der Waals surface area contributed by atoms with Crippen LogP contribution in [-0.2, 0) is 9.53 Å². The summed E-state index contributed by atoms with van der Waals surface area (Å²) < 4.78 is 7.57. The average molecular weight is 384 g/mol. The summed E-state index contributed by atoms with van der Waals surface area (Å²) in [6.07, 6.45) is 0.825. The number of nitrogens with zero attached hydrogens (tertiary/aromatic N) is 3. The summed E-state index contributed by atoms with van der Waals surface area (Å²) in [5, 5.41) is 15.6. The van der Waals surface area contributed by atoms with Gasteiger partial charge in [-0.05, 0) is 38.5 Å². The fourth-order valence-electron chi connectivity index (χ4n) is 4.23. The Balaban J connectivity index is 1.84. The first-order chi connectivity index (χ1) is 13.5. The van der Waals surface area contributed by atoms with Crippen LogP contribution in [0.1, 0.15) is 38.8 Å². The molecule has 7 nitrogen and oxygen atoms in total. The van der Waals surface area contributed by atoms with Gasteiger partial charge in [0.15, 0.2) is 0 Å². The Morgan fingerprint density at radius 3 is 2.86 bits per heavy atom. The number of anilines is 1. The highest BCUT2D eigenvalue weighted by molar-refractivity contribution is 6.14. The Bertz CT molecular complexity index is 931. The first kappa shape index (κ1) is 18.8. The van der Waals surface area contributed by atoms with Crippen LogP contribution >= 0.6 is 0 Å². The highest BCUT2D eigenvalue weighted by atomic mass is 16.5. The van der Waals surface area contributed by atoms with Crippen molar-refractivity contribution in [3.63, 3.8) is 0 Å². The van der Waals surface area contributed by atoms with E-state index in [0.717, 1.165) is 34.3 Å². The molecule has 2 aliphatic rings. The van der Waals surface area contributed by atoms with Crippen LogP contribution in [0.25, 0.3) is 10.9 Å². The van der Waals surface area contributed by atoms with Crippen molar-refractivity contribution >= 4 is 28.2 Å². The molecule has 1 aromatic carbocycles. The molecule has 0 saturated carbocycles. The second-order valence-electron chi connectivity index (χ2n) is 7.89. The van der Waals surface area contributed by atoms with Gasteiger partial charge in [-0.2, -0.15) is 0 Å². The highest BCUT2D eigenvalue weighted by Crippen LogP contribution is 2.39. The van der Waals surface area contributed by atoms with Crippen molar-refractivity contribution in [2.75, 3.05) is 38.2 Å². The lowest BCUT2D eigenvalue weighted by Crippen LogP contribution is -2.26. The van der Waals surface area contributed by atoms with E-state index in [1.54, 1.807) is 6.92 Å². The molecule has 150 valence electrons. The van der Waals surface area contributed by atoms with Crippen LogP contribution in [0.15, 0.2) is 23.2 Å². The molecule has 28 heavy (non-hydrogen) atoms. The Morgan fingerprint density at radius 2 is 2.21 bits per heavy atom. The third-order valence-electron chi connectivity index (χ3n) is 5.47. The third kappa shape index (κ3) is 3.35. The minimum absolute atomic E-state index is 0.0502. The summed E-state index contributed by atoms with van der Waals surface area (Å²) in [5.74, 6) is 0.295. The van der Waals surface area contributed by atoms with Gasteiger partial charge in [-0.1, -0.05) is 0 Å². The van der Waals surface area contributed by atoms with E-state index in [-0.39, 0.29) is 17.8 Å². The van der Waals surface area contributed by atoms with Gasteiger partial charge in [0.2, 0.25) is 11.8 Å². The van der Waals surface area contributed by atoms with Crippen molar-refractivity contribution in [1.29, 1.82) is 0 Å². The van der Waals surface area contributed by atoms with Gasteiger partial charge in [0, 0.05) is 37.1 Å². The van der Waals surface area contributed by atoms with Gasteiger partial charge < -0.3 is 24.6 Å². The number of hydrogen-bond donors (Lipinski definition) is 2. The van der Waals surface area contributed by atoms with Crippen LogP contribution < -0.4 is 5.32 Å². The summed E-state index contributed by atoms with van der Waals surface area (Å²) >= 11 is 0. The molecular formula is C21H28N4O3. The summed E-state index contributed by atoms with van der Waals surface area (Å²) in [6.45, 7) is 8.74. The Hall–Kier alpha value is -2.54. The number of nitrogens with one attached hydrogen (secondary N) is 1. The van der Waals surface area contributed by atoms with E-state index in [1.165, 1.54) is 0 Å². The fourth-order valence-corrected chi connectivity index (χ4v) is 4.23. The Morgan fingerprint density at radius 1 is 1.39 bits per heavy atom. The number of rotatable bonds is 4. The number of hydrogen-bond acceptors (Lipinski definition) is 5. The molecule has 0 radical (unpaired) electrons. The van der Waals surface area contributed by atoms with Gasteiger partial charge in [0.25, 0.3) is 0 Å². The maximum atomic E-state index is 11.8. The molecule has 2 N–H and O–H groups in total. The third-order valence-corrected chi connectivity index (χ3v) is 5.47. The summed E-state index contributed by atoms with van der Waals surface area (Å²) in [5.41, 5.74) is 3.51. The largest absolute Gasteiger partial charge is 0.494 e. The van der Waals surface area contributed by atoms with Crippen LogP contribution in [0.5, 0.6) is 5.88 Å². The van der Waals surface area contributed by atoms with E-state index in [9.17, 15) is 9.90 Å². The number of ether oxygens (including phenoxy) is 1. The van der Waals surface area contributed by atoms with E-state index in [1.807, 2.05) is 21.6 Å². The summed E-state index contributed by atoms with van der Waals surface area (Å²) in [7, 11) is 0. The lowest BCUT2D eigenvalue weighted by molar-refractivity contribution is -0.127. The molecule has 0 aliphatic carbocycles. The summed E-state index contributed by atoms with van der Waals surface area (Å²) in [4.78, 5) is 18.2. The zero-order valence-electron chi connectivity index (χ0n) is 16.7. The molecule has 1 saturated heterocycles. The Kier molecular flexibility index (Phi) is 5.02. The van der Waals surface area contributed by atoms with Crippen LogP contribution in [0.2, 0.25) is 0 Å². The molecule has 1 amide bonds. The zero-order chi connectivity index (χ0) is 19.8. The number of aromatic hydroxyl groups is 1. The topological polar surface area (TPSA) is 79.1 Å². The van der Waals surface area contributed by atoms with E-state index >= 15 is 0 Å².